The van der Waals surface area contributed by atoms with Gasteiger partial charge in [0.1, 0.15) is 12.3 Å². The van der Waals surface area contributed by atoms with Crippen LogP contribution in [0.2, 0.25) is 0 Å². The van der Waals surface area contributed by atoms with Crippen molar-refractivity contribution in [3.05, 3.63) is 35.8 Å². The fourth-order valence-electron chi connectivity index (χ4n) is 2.43. The highest BCUT2D eigenvalue weighted by molar-refractivity contribution is 5.90. The Kier molecular flexibility index (Phi) is 7.10. The van der Waals surface area contributed by atoms with Gasteiger partial charge in [-0.3, -0.25) is 4.79 Å². The number of pyridine rings is 1. The number of hydrogen-bond donors (Lipinski definition) is 4. The predicted molar refractivity (Wildman–Crippen MR) is 97.6 cm³/mol. The number of aromatic nitrogens is 3. The van der Waals surface area contributed by atoms with Crippen LogP contribution in [0.25, 0.3) is 0 Å². The highest BCUT2D eigenvalue weighted by Gasteiger charge is 2.14. The Bertz CT molecular complexity index is 734. The van der Waals surface area contributed by atoms with Crippen LogP contribution < -0.4 is 21.5 Å². The number of carbonyl (C=O) groups excluding carboxylic acids is 1. The fourth-order valence-corrected chi connectivity index (χ4v) is 2.43. The van der Waals surface area contributed by atoms with Gasteiger partial charge in [0.05, 0.1) is 11.9 Å². The van der Waals surface area contributed by atoms with E-state index in [1.165, 1.54) is 12.3 Å². The van der Waals surface area contributed by atoms with Gasteiger partial charge in [-0.1, -0.05) is 19.4 Å². The smallest absolute Gasteiger partial charge is 0.267 e. The molecule has 0 aliphatic rings. The lowest BCUT2D eigenvalue weighted by atomic mass is 10.1. The number of aliphatic hydroxyl groups excluding tert-OH is 1. The number of ether oxygens (including phenoxy) is 1. The monoisotopic (exact) mass is 360 g/mol. The number of primary amides is 1. The van der Waals surface area contributed by atoms with Crippen molar-refractivity contribution in [3.8, 4) is 5.75 Å². The first-order valence-corrected chi connectivity index (χ1v) is 8.42. The lowest BCUT2D eigenvalue weighted by Gasteiger charge is -2.19. The highest BCUT2D eigenvalue weighted by Crippen LogP contribution is 2.24. The second-order valence-corrected chi connectivity index (χ2v) is 5.75. The van der Waals surface area contributed by atoms with Crippen LogP contribution in [0.1, 0.15) is 42.4 Å². The molecule has 9 heteroatoms. The number of amides is 1. The van der Waals surface area contributed by atoms with E-state index in [0.29, 0.717) is 23.7 Å². The Labute approximate surface area is 151 Å². The van der Waals surface area contributed by atoms with Crippen LogP contribution in [0.15, 0.2) is 24.4 Å². The summed E-state index contributed by atoms with van der Waals surface area (Å²) < 4.78 is 5.75. The Hall–Kier alpha value is -2.94. The summed E-state index contributed by atoms with van der Waals surface area (Å²) in [6.07, 6.45) is 3.88. The normalized spacial score (nSPS) is 11.8. The van der Waals surface area contributed by atoms with Crippen molar-refractivity contribution < 1.29 is 14.6 Å². The zero-order valence-electron chi connectivity index (χ0n) is 14.7. The van der Waals surface area contributed by atoms with Crippen molar-refractivity contribution in [1.82, 2.24) is 15.0 Å². The van der Waals surface area contributed by atoms with Crippen molar-refractivity contribution >= 4 is 17.7 Å². The molecule has 0 aliphatic carbocycles. The van der Waals surface area contributed by atoms with Gasteiger partial charge >= 0.3 is 0 Å². The van der Waals surface area contributed by atoms with Crippen LogP contribution in [0.4, 0.5) is 11.8 Å². The van der Waals surface area contributed by atoms with Gasteiger partial charge < -0.3 is 26.6 Å². The summed E-state index contributed by atoms with van der Waals surface area (Å²) in [5.41, 5.74) is 11.6. The predicted octanol–water partition coefficient (Wildman–Crippen LogP) is 1.09. The number of rotatable bonds is 10. The first-order chi connectivity index (χ1) is 12.5. The maximum absolute atomic E-state index is 11.2. The van der Waals surface area contributed by atoms with E-state index in [4.69, 9.17) is 16.2 Å². The first-order valence-electron chi connectivity index (χ1n) is 8.42. The van der Waals surface area contributed by atoms with Gasteiger partial charge in [0.25, 0.3) is 5.91 Å². The summed E-state index contributed by atoms with van der Waals surface area (Å²) in [7, 11) is 0. The lowest BCUT2D eigenvalue weighted by Crippen LogP contribution is -2.22. The topological polar surface area (TPSA) is 149 Å². The molecule has 0 radical (unpaired) electrons. The molecule has 1 amide bonds. The van der Waals surface area contributed by atoms with Gasteiger partial charge in [0, 0.05) is 12.6 Å². The molecule has 0 aromatic carbocycles. The number of nitrogens with zero attached hydrogens (tertiary/aromatic N) is 3. The number of aliphatic hydroxyl groups is 1. The van der Waals surface area contributed by atoms with Crippen molar-refractivity contribution in [3.63, 3.8) is 0 Å². The number of nitrogens with one attached hydrogen (secondary N) is 1. The SMILES string of the molecule is CCC[C@@H](CCO)Nc1nc(N)ncc1OCc1cccc(C(N)=O)n1. The summed E-state index contributed by atoms with van der Waals surface area (Å²) in [6, 6.07) is 4.99. The molecule has 140 valence electrons. The van der Waals surface area contributed by atoms with E-state index < -0.39 is 5.91 Å². The molecule has 0 unspecified atom stereocenters. The molecule has 2 aromatic rings. The van der Waals surface area contributed by atoms with Crippen molar-refractivity contribution in [1.29, 1.82) is 0 Å². The Morgan fingerprint density at radius 2 is 2.15 bits per heavy atom. The Balaban J connectivity index is 2.13. The third-order valence-electron chi connectivity index (χ3n) is 3.66. The summed E-state index contributed by atoms with van der Waals surface area (Å²) in [4.78, 5) is 23.5. The van der Waals surface area contributed by atoms with Crippen LogP contribution in [0.3, 0.4) is 0 Å². The molecule has 2 heterocycles. The number of nitrogens with two attached hydrogens (primary N) is 2. The second-order valence-electron chi connectivity index (χ2n) is 5.75. The quantitative estimate of drug-likeness (QED) is 0.492. The van der Waals surface area contributed by atoms with Crippen LogP contribution in [0, 0.1) is 0 Å². The molecule has 6 N–H and O–H groups in total. The molecule has 0 saturated heterocycles. The van der Waals surface area contributed by atoms with E-state index in [9.17, 15) is 9.90 Å². The third-order valence-corrected chi connectivity index (χ3v) is 3.66. The van der Waals surface area contributed by atoms with Crippen LogP contribution in [-0.2, 0) is 6.61 Å². The Morgan fingerprint density at radius 3 is 2.85 bits per heavy atom. The largest absolute Gasteiger partial charge is 0.482 e. The van der Waals surface area contributed by atoms with Gasteiger partial charge in [-0.15, -0.1) is 0 Å². The number of hydrogen-bond acceptors (Lipinski definition) is 8. The molecular formula is C17H24N6O3. The van der Waals surface area contributed by atoms with E-state index in [1.807, 2.05) is 0 Å². The highest BCUT2D eigenvalue weighted by atomic mass is 16.5. The molecule has 9 nitrogen and oxygen atoms in total. The van der Waals surface area contributed by atoms with Gasteiger partial charge in [-0.05, 0) is 25.0 Å². The lowest BCUT2D eigenvalue weighted by molar-refractivity contribution is 0.0995. The van der Waals surface area contributed by atoms with Gasteiger partial charge in [-0.25, -0.2) is 9.97 Å². The molecule has 0 saturated carbocycles. The van der Waals surface area contributed by atoms with Crippen LogP contribution in [0.5, 0.6) is 5.75 Å². The molecule has 0 spiro atoms. The first kappa shape index (κ1) is 19.4. The zero-order chi connectivity index (χ0) is 18.9. The third kappa shape index (κ3) is 5.55. The van der Waals surface area contributed by atoms with Crippen LogP contribution in [-0.4, -0.2) is 38.6 Å². The summed E-state index contributed by atoms with van der Waals surface area (Å²) in [6.45, 7) is 2.25. The molecule has 0 fully saturated rings. The van der Waals surface area contributed by atoms with E-state index >= 15 is 0 Å². The molecule has 0 bridgehead atoms. The molecule has 2 aromatic heterocycles. The molecule has 2 rings (SSSR count). The Morgan fingerprint density at radius 1 is 1.35 bits per heavy atom. The summed E-state index contributed by atoms with van der Waals surface area (Å²) >= 11 is 0. The second kappa shape index (κ2) is 9.52. The number of nitrogen functional groups attached to an aromatic ring is 1. The van der Waals surface area contributed by atoms with Gasteiger partial charge in [-0.2, -0.15) is 4.98 Å². The molecular weight excluding hydrogens is 336 g/mol. The van der Waals surface area contributed by atoms with Gasteiger partial charge in [0.2, 0.25) is 5.95 Å². The number of carbonyl (C=O) groups is 1. The maximum Gasteiger partial charge on any atom is 0.267 e. The minimum Gasteiger partial charge on any atom is -0.482 e. The average Bonchev–Trinajstić information content (AvgIpc) is 2.62. The molecule has 0 aliphatic heterocycles. The fraction of sp³-hybridized carbons (Fsp3) is 0.412. The number of anilines is 2. The van der Waals surface area contributed by atoms with Crippen LogP contribution >= 0.6 is 0 Å². The standard InChI is InChI=1S/C17H24N6O3/c1-2-4-11(7-8-24)22-16-14(9-20-17(19)23-16)26-10-12-5-3-6-13(21-12)15(18)25/h3,5-6,9,11,24H,2,4,7-8,10H2,1H3,(H2,18,25)(H3,19,20,22,23)/t11-/m0/s1. The summed E-state index contributed by atoms with van der Waals surface area (Å²) in [5.74, 6) is 0.379. The van der Waals surface area contributed by atoms with E-state index in [2.05, 4.69) is 27.2 Å². The summed E-state index contributed by atoms with van der Waals surface area (Å²) in [5, 5.41) is 12.5. The maximum atomic E-state index is 11.2. The van der Waals surface area contributed by atoms with E-state index in [0.717, 1.165) is 12.8 Å². The molecule has 1 atom stereocenters. The minimum atomic E-state index is -0.601. The van der Waals surface area contributed by atoms with Crippen molar-refractivity contribution in [2.24, 2.45) is 5.73 Å². The van der Waals surface area contributed by atoms with E-state index in [1.54, 1.807) is 12.1 Å². The van der Waals surface area contributed by atoms with Gasteiger partial charge in [0.15, 0.2) is 11.6 Å². The van der Waals surface area contributed by atoms with Crippen molar-refractivity contribution in [2.45, 2.75) is 38.8 Å². The van der Waals surface area contributed by atoms with E-state index in [-0.39, 0.29) is 30.9 Å². The minimum absolute atomic E-state index is 0.0398. The van der Waals surface area contributed by atoms with Crippen molar-refractivity contribution in [2.75, 3.05) is 17.7 Å². The zero-order valence-corrected chi connectivity index (χ0v) is 14.7. The average molecular weight is 360 g/mol. The molecule has 26 heavy (non-hydrogen) atoms.